The van der Waals surface area contributed by atoms with Crippen LogP contribution in [0, 0.1) is 29.6 Å². The average molecular weight is 360 g/mol. The molecule has 2 rings (SSSR count). The quantitative estimate of drug-likeness (QED) is 0.839. The van der Waals surface area contributed by atoms with Gasteiger partial charge in [0, 0.05) is 17.6 Å². The summed E-state index contributed by atoms with van der Waals surface area (Å²) in [6.45, 7) is 5.97. The van der Waals surface area contributed by atoms with Gasteiger partial charge in [0.1, 0.15) is 11.0 Å². The summed E-state index contributed by atoms with van der Waals surface area (Å²) in [5.41, 5.74) is 1.09. The van der Waals surface area contributed by atoms with Crippen LogP contribution in [0.15, 0.2) is 27.5 Å². The third-order valence-corrected chi connectivity index (χ3v) is 6.54. The van der Waals surface area contributed by atoms with Crippen molar-refractivity contribution in [3.63, 3.8) is 0 Å². The van der Waals surface area contributed by atoms with Gasteiger partial charge in [0.15, 0.2) is 0 Å². The number of nitrogens with zero attached hydrogens (tertiary/aromatic N) is 4. The van der Waals surface area contributed by atoms with Gasteiger partial charge in [-0.2, -0.15) is 18.9 Å². The topological polar surface area (TPSA) is 99.0 Å². The molecule has 0 bridgehead atoms. The van der Waals surface area contributed by atoms with E-state index in [1.807, 2.05) is 32.9 Å². The van der Waals surface area contributed by atoms with Crippen molar-refractivity contribution in [3.8, 4) is 12.1 Å². The van der Waals surface area contributed by atoms with Crippen molar-refractivity contribution in [2.75, 3.05) is 0 Å². The Kier molecular flexibility index (Phi) is 4.93. The molecular weight excluding hydrogens is 344 g/mol. The molecule has 1 aromatic heterocycles. The number of rotatable bonds is 3. The zero-order valence-corrected chi connectivity index (χ0v) is 15.4. The van der Waals surface area contributed by atoms with Gasteiger partial charge in [-0.05, 0) is 31.0 Å². The van der Waals surface area contributed by atoms with Crippen molar-refractivity contribution in [3.05, 3.63) is 44.7 Å². The van der Waals surface area contributed by atoms with Gasteiger partial charge in [-0.25, -0.2) is 0 Å². The van der Waals surface area contributed by atoms with Crippen molar-refractivity contribution in [2.45, 2.75) is 31.6 Å². The third-order valence-electron chi connectivity index (χ3n) is 3.58. The van der Waals surface area contributed by atoms with Crippen molar-refractivity contribution in [1.29, 1.82) is 10.5 Å². The second-order valence-electron chi connectivity index (χ2n) is 5.55. The van der Waals surface area contributed by atoms with Gasteiger partial charge in [0.05, 0.1) is 17.2 Å². The normalized spacial score (nSPS) is 12.2. The summed E-state index contributed by atoms with van der Waals surface area (Å²) >= 11 is 1.31. The van der Waals surface area contributed by atoms with E-state index in [1.165, 1.54) is 29.5 Å². The molecule has 1 heterocycles. The molecule has 2 aromatic rings. The highest BCUT2D eigenvalue weighted by atomic mass is 32.2. The SMILES string of the molecule is Cc1c(C(C)C)s/c(=N/S(=O)(=O)c2cc(C#N)ccc2C#N)n1C. The molecule has 0 saturated heterocycles. The van der Waals surface area contributed by atoms with Gasteiger partial charge in [0.2, 0.25) is 4.80 Å². The highest BCUT2D eigenvalue weighted by molar-refractivity contribution is 7.90. The van der Waals surface area contributed by atoms with E-state index < -0.39 is 10.0 Å². The Bertz CT molecular complexity index is 1050. The molecule has 0 unspecified atom stereocenters. The van der Waals surface area contributed by atoms with Gasteiger partial charge in [-0.15, -0.1) is 15.7 Å². The molecule has 1 aromatic carbocycles. The minimum absolute atomic E-state index is 0.0298. The monoisotopic (exact) mass is 360 g/mol. The fourth-order valence-electron chi connectivity index (χ4n) is 2.21. The number of hydrogen-bond donors (Lipinski definition) is 0. The smallest absolute Gasteiger partial charge is 0.286 e. The predicted molar refractivity (Wildman–Crippen MR) is 90.7 cm³/mol. The summed E-state index contributed by atoms with van der Waals surface area (Å²) in [5.74, 6) is 0.254. The van der Waals surface area contributed by atoms with Gasteiger partial charge in [-0.1, -0.05) is 13.8 Å². The van der Waals surface area contributed by atoms with E-state index in [0.29, 0.717) is 4.80 Å². The maximum atomic E-state index is 12.7. The molecule has 0 spiro atoms. The zero-order chi connectivity index (χ0) is 18.1. The summed E-state index contributed by atoms with van der Waals surface area (Å²) in [4.78, 5) is 1.14. The summed E-state index contributed by atoms with van der Waals surface area (Å²) in [6, 6.07) is 7.62. The van der Waals surface area contributed by atoms with Crippen LogP contribution in [-0.4, -0.2) is 13.0 Å². The van der Waals surface area contributed by atoms with Gasteiger partial charge >= 0.3 is 0 Å². The second kappa shape index (κ2) is 6.60. The third kappa shape index (κ3) is 3.25. The Morgan fingerprint density at radius 2 is 1.92 bits per heavy atom. The molecule has 0 saturated carbocycles. The fraction of sp³-hybridized carbons (Fsp3) is 0.312. The lowest BCUT2D eigenvalue weighted by atomic mass is 10.1. The van der Waals surface area contributed by atoms with Gasteiger partial charge in [-0.3, -0.25) is 0 Å². The van der Waals surface area contributed by atoms with E-state index >= 15 is 0 Å². The Hall–Kier alpha value is -2.42. The van der Waals surface area contributed by atoms with Crippen molar-refractivity contribution >= 4 is 21.4 Å². The molecule has 0 fully saturated rings. The molecule has 24 heavy (non-hydrogen) atoms. The number of hydrogen-bond acceptors (Lipinski definition) is 5. The first-order valence-corrected chi connectivity index (χ1v) is 9.38. The minimum Gasteiger partial charge on any atom is -0.323 e. The van der Waals surface area contributed by atoms with E-state index in [4.69, 9.17) is 10.5 Å². The maximum absolute atomic E-state index is 12.7. The molecule has 0 atom stereocenters. The van der Waals surface area contributed by atoms with Crippen molar-refractivity contribution in [1.82, 2.24) is 4.57 Å². The fourth-order valence-corrected chi connectivity index (χ4v) is 4.74. The van der Waals surface area contributed by atoms with Crippen LogP contribution in [0.5, 0.6) is 0 Å². The standard InChI is InChI=1S/C16H16N4O2S2/c1-10(2)15-11(3)20(4)16(23-15)19-24(21,22)14-7-12(8-17)5-6-13(14)9-18/h5-7,10H,1-4H3/b19-16+. The lowest BCUT2D eigenvalue weighted by Gasteiger charge is -2.03. The lowest BCUT2D eigenvalue weighted by molar-refractivity contribution is 0.595. The van der Waals surface area contributed by atoms with Crippen molar-refractivity contribution < 1.29 is 8.42 Å². The molecule has 6 nitrogen and oxygen atoms in total. The molecule has 8 heteroatoms. The van der Waals surface area contributed by atoms with Crippen LogP contribution in [0.3, 0.4) is 0 Å². The van der Waals surface area contributed by atoms with E-state index in [9.17, 15) is 8.42 Å². The molecule has 0 aliphatic carbocycles. The second-order valence-corrected chi connectivity index (χ2v) is 8.13. The molecule has 0 radical (unpaired) electrons. The Morgan fingerprint density at radius 1 is 1.25 bits per heavy atom. The van der Waals surface area contributed by atoms with Crippen LogP contribution >= 0.6 is 11.3 Å². The van der Waals surface area contributed by atoms with E-state index in [2.05, 4.69) is 4.40 Å². The average Bonchev–Trinajstić information content (AvgIpc) is 2.82. The lowest BCUT2D eigenvalue weighted by Crippen LogP contribution is -2.15. The summed E-state index contributed by atoms with van der Waals surface area (Å²) in [5, 5.41) is 18.1. The number of aromatic nitrogens is 1. The number of benzene rings is 1. The first kappa shape index (κ1) is 17.9. The maximum Gasteiger partial charge on any atom is 0.286 e. The first-order valence-electron chi connectivity index (χ1n) is 7.12. The Labute approximate surface area is 145 Å². The zero-order valence-electron chi connectivity index (χ0n) is 13.7. The van der Waals surface area contributed by atoms with Gasteiger partial charge < -0.3 is 4.57 Å². The Balaban J connectivity index is 2.73. The van der Waals surface area contributed by atoms with Crippen molar-refractivity contribution in [2.24, 2.45) is 11.4 Å². The van der Waals surface area contributed by atoms with Crippen LogP contribution in [-0.2, 0) is 17.1 Å². The first-order chi connectivity index (χ1) is 11.2. The van der Waals surface area contributed by atoms with E-state index in [1.54, 1.807) is 11.6 Å². The van der Waals surface area contributed by atoms with Crippen LogP contribution in [0.1, 0.15) is 41.5 Å². The summed E-state index contributed by atoms with van der Waals surface area (Å²) in [7, 11) is -2.35. The van der Waals surface area contributed by atoms with Gasteiger partial charge in [0.25, 0.3) is 10.0 Å². The molecule has 0 amide bonds. The Morgan fingerprint density at radius 3 is 2.42 bits per heavy atom. The van der Waals surface area contributed by atoms with Crippen LogP contribution in [0.2, 0.25) is 0 Å². The van der Waals surface area contributed by atoms with Crippen LogP contribution < -0.4 is 4.80 Å². The molecule has 0 N–H and O–H groups in total. The van der Waals surface area contributed by atoms with E-state index in [0.717, 1.165) is 10.6 Å². The van der Waals surface area contributed by atoms with E-state index in [-0.39, 0.29) is 21.9 Å². The summed E-state index contributed by atoms with van der Waals surface area (Å²) < 4.78 is 30.9. The van der Waals surface area contributed by atoms with Crippen LogP contribution in [0.4, 0.5) is 0 Å². The molecule has 124 valence electrons. The molecular formula is C16H16N4O2S2. The highest BCUT2D eigenvalue weighted by Crippen LogP contribution is 2.23. The van der Waals surface area contributed by atoms with Crippen LogP contribution in [0.25, 0.3) is 0 Å². The minimum atomic E-state index is -4.10. The number of nitriles is 2. The molecule has 0 aliphatic heterocycles. The summed E-state index contributed by atoms with van der Waals surface area (Å²) in [6.07, 6.45) is 0. The predicted octanol–water partition coefficient (Wildman–Crippen LogP) is 2.55. The largest absolute Gasteiger partial charge is 0.323 e. The number of thiazole rings is 1. The molecule has 0 aliphatic rings. The highest BCUT2D eigenvalue weighted by Gasteiger charge is 2.20. The number of sulfonamides is 1.